The van der Waals surface area contributed by atoms with Crippen molar-refractivity contribution in [2.45, 2.75) is 52.1 Å². The van der Waals surface area contributed by atoms with Crippen molar-refractivity contribution in [1.82, 2.24) is 20.4 Å². The van der Waals surface area contributed by atoms with E-state index in [2.05, 4.69) is 34.2 Å². The van der Waals surface area contributed by atoms with Gasteiger partial charge < -0.3 is 9.84 Å². The molecule has 0 spiro atoms. The van der Waals surface area contributed by atoms with E-state index in [-0.39, 0.29) is 11.9 Å². The number of rotatable bonds is 4. The zero-order chi connectivity index (χ0) is 20.1. The molecule has 2 fully saturated rings. The standard InChI is InChI=1S/C23H26N4O2/c1-22-7-8-23(2,14-22)11-17(10-22)29-21-6-5-19(26-27-21)18-4-3-15(9-20(18)28)16-12-24-25-13-16/h3-6,9,12-13,17,28H,7-8,10-11,14H2,1-2H3,(H,24,25)/t17-,22+,23-. The zero-order valence-electron chi connectivity index (χ0n) is 16.9. The normalized spacial score (nSPS) is 28.4. The number of benzene rings is 1. The topological polar surface area (TPSA) is 83.9 Å². The van der Waals surface area contributed by atoms with Crippen LogP contribution in [-0.4, -0.2) is 31.6 Å². The first kappa shape index (κ1) is 18.2. The molecule has 2 saturated carbocycles. The Kier molecular flexibility index (Phi) is 4.12. The van der Waals surface area contributed by atoms with Gasteiger partial charge in [0, 0.05) is 23.4 Å². The molecular weight excluding hydrogens is 364 g/mol. The molecule has 0 amide bonds. The van der Waals surface area contributed by atoms with Gasteiger partial charge in [-0.3, -0.25) is 5.10 Å². The van der Waals surface area contributed by atoms with Crippen LogP contribution in [0.15, 0.2) is 42.7 Å². The van der Waals surface area contributed by atoms with Crippen LogP contribution < -0.4 is 4.74 Å². The molecule has 0 radical (unpaired) electrons. The molecule has 2 aliphatic carbocycles. The molecule has 3 aromatic rings. The summed E-state index contributed by atoms with van der Waals surface area (Å²) in [6.07, 6.45) is 9.77. The SMILES string of the molecule is C[C@]12CC[C@](C)(C[C@H](Oc3ccc(-c4ccc(-c5cn[nH]c5)cc4O)nn3)C1)C2. The molecular formula is C23H26N4O2. The van der Waals surface area contributed by atoms with Crippen molar-refractivity contribution in [3.05, 3.63) is 42.7 Å². The molecule has 2 aliphatic rings. The molecule has 0 aliphatic heterocycles. The molecule has 5 rings (SSSR count). The molecule has 2 heterocycles. The number of aromatic nitrogens is 4. The van der Waals surface area contributed by atoms with Gasteiger partial charge in [-0.1, -0.05) is 19.9 Å². The highest BCUT2D eigenvalue weighted by Gasteiger charge is 2.49. The predicted molar refractivity (Wildman–Crippen MR) is 110 cm³/mol. The second kappa shape index (κ2) is 6.58. The van der Waals surface area contributed by atoms with E-state index in [0.717, 1.165) is 24.0 Å². The minimum atomic E-state index is 0.163. The third-order valence-corrected chi connectivity index (χ3v) is 6.66. The van der Waals surface area contributed by atoms with Crippen LogP contribution in [0.25, 0.3) is 22.4 Å². The van der Waals surface area contributed by atoms with Crippen molar-refractivity contribution in [1.29, 1.82) is 0 Å². The number of ether oxygens (including phenoxy) is 1. The molecule has 6 nitrogen and oxygen atoms in total. The molecule has 3 atom stereocenters. The average Bonchev–Trinajstić information content (AvgIpc) is 3.28. The van der Waals surface area contributed by atoms with Gasteiger partial charge in [-0.2, -0.15) is 5.10 Å². The first-order chi connectivity index (χ1) is 13.9. The lowest BCUT2D eigenvalue weighted by Gasteiger charge is -2.39. The molecule has 2 bridgehead atoms. The summed E-state index contributed by atoms with van der Waals surface area (Å²) in [5, 5.41) is 25.8. The van der Waals surface area contributed by atoms with Gasteiger partial charge in [-0.15, -0.1) is 10.2 Å². The fourth-order valence-corrected chi connectivity index (χ4v) is 5.45. The lowest BCUT2D eigenvalue weighted by molar-refractivity contribution is 0.0401. The number of hydrogen-bond donors (Lipinski definition) is 2. The first-order valence-corrected chi connectivity index (χ1v) is 10.2. The fourth-order valence-electron chi connectivity index (χ4n) is 5.45. The van der Waals surface area contributed by atoms with Crippen molar-refractivity contribution in [2.24, 2.45) is 10.8 Å². The minimum Gasteiger partial charge on any atom is -0.507 e. The Morgan fingerprint density at radius 3 is 2.45 bits per heavy atom. The summed E-state index contributed by atoms with van der Waals surface area (Å²) >= 11 is 0. The summed E-state index contributed by atoms with van der Waals surface area (Å²) in [7, 11) is 0. The molecule has 0 unspecified atom stereocenters. The molecule has 29 heavy (non-hydrogen) atoms. The van der Waals surface area contributed by atoms with Crippen LogP contribution in [-0.2, 0) is 0 Å². The molecule has 2 aromatic heterocycles. The summed E-state index contributed by atoms with van der Waals surface area (Å²) in [5.74, 6) is 0.720. The Hall–Kier alpha value is -2.89. The maximum Gasteiger partial charge on any atom is 0.233 e. The average molecular weight is 390 g/mol. The van der Waals surface area contributed by atoms with Crippen molar-refractivity contribution in [3.8, 4) is 34.0 Å². The lowest BCUT2D eigenvalue weighted by atomic mass is 9.69. The van der Waals surface area contributed by atoms with Gasteiger partial charge in [0.15, 0.2) is 0 Å². The smallest absolute Gasteiger partial charge is 0.233 e. The van der Waals surface area contributed by atoms with Crippen molar-refractivity contribution in [2.75, 3.05) is 0 Å². The molecule has 150 valence electrons. The number of aromatic hydroxyl groups is 1. The molecule has 1 aromatic carbocycles. The van der Waals surface area contributed by atoms with E-state index in [9.17, 15) is 5.11 Å². The highest BCUT2D eigenvalue weighted by molar-refractivity contribution is 5.73. The number of H-pyrrole nitrogens is 1. The van der Waals surface area contributed by atoms with Crippen LogP contribution in [0.4, 0.5) is 0 Å². The molecule has 0 saturated heterocycles. The summed E-state index contributed by atoms with van der Waals surface area (Å²) in [6, 6.07) is 9.21. The van der Waals surface area contributed by atoms with Crippen molar-refractivity contribution < 1.29 is 9.84 Å². The Bertz CT molecular complexity index is 1000. The second-order valence-electron chi connectivity index (χ2n) is 9.42. The van der Waals surface area contributed by atoms with Gasteiger partial charge in [-0.25, -0.2) is 0 Å². The third kappa shape index (κ3) is 3.48. The largest absolute Gasteiger partial charge is 0.507 e. The van der Waals surface area contributed by atoms with Gasteiger partial charge in [-0.05, 0) is 66.7 Å². The quantitative estimate of drug-likeness (QED) is 0.656. The van der Waals surface area contributed by atoms with Crippen LogP contribution in [0.1, 0.15) is 46.0 Å². The number of nitrogens with one attached hydrogen (secondary N) is 1. The Morgan fingerprint density at radius 1 is 1.03 bits per heavy atom. The van der Waals surface area contributed by atoms with E-state index in [4.69, 9.17) is 4.74 Å². The van der Waals surface area contributed by atoms with Gasteiger partial charge in [0.25, 0.3) is 0 Å². The minimum absolute atomic E-state index is 0.163. The summed E-state index contributed by atoms with van der Waals surface area (Å²) in [4.78, 5) is 0. The number of nitrogens with zero attached hydrogens (tertiary/aromatic N) is 3. The van der Waals surface area contributed by atoms with E-state index in [1.54, 1.807) is 18.5 Å². The van der Waals surface area contributed by atoms with Crippen LogP contribution in [0.2, 0.25) is 0 Å². The van der Waals surface area contributed by atoms with E-state index < -0.39 is 0 Å². The fraction of sp³-hybridized carbons (Fsp3) is 0.435. The van der Waals surface area contributed by atoms with Crippen LogP contribution >= 0.6 is 0 Å². The van der Waals surface area contributed by atoms with Crippen molar-refractivity contribution >= 4 is 0 Å². The third-order valence-electron chi connectivity index (χ3n) is 6.66. The van der Waals surface area contributed by atoms with E-state index in [0.29, 0.717) is 28.0 Å². The van der Waals surface area contributed by atoms with Gasteiger partial charge in [0.2, 0.25) is 5.88 Å². The Morgan fingerprint density at radius 2 is 1.83 bits per heavy atom. The lowest BCUT2D eigenvalue weighted by Crippen LogP contribution is -2.36. The van der Waals surface area contributed by atoms with E-state index in [1.165, 1.54) is 19.3 Å². The Labute approximate surface area is 170 Å². The summed E-state index contributed by atoms with van der Waals surface area (Å²) in [6.45, 7) is 4.77. The van der Waals surface area contributed by atoms with Gasteiger partial charge >= 0.3 is 0 Å². The number of fused-ring (bicyclic) bond motifs is 2. The first-order valence-electron chi connectivity index (χ1n) is 10.2. The highest BCUT2D eigenvalue weighted by atomic mass is 16.5. The van der Waals surface area contributed by atoms with Gasteiger partial charge in [0.05, 0.1) is 11.9 Å². The van der Waals surface area contributed by atoms with Crippen molar-refractivity contribution in [3.63, 3.8) is 0 Å². The number of hydrogen-bond acceptors (Lipinski definition) is 5. The summed E-state index contributed by atoms with van der Waals surface area (Å²) in [5.41, 5.74) is 3.87. The van der Waals surface area contributed by atoms with E-state index >= 15 is 0 Å². The highest BCUT2D eigenvalue weighted by Crippen LogP contribution is 2.58. The number of phenols is 1. The summed E-state index contributed by atoms with van der Waals surface area (Å²) < 4.78 is 6.21. The van der Waals surface area contributed by atoms with Crippen LogP contribution in [0.5, 0.6) is 11.6 Å². The zero-order valence-corrected chi connectivity index (χ0v) is 16.9. The number of phenolic OH excluding ortho intramolecular Hbond substituents is 1. The van der Waals surface area contributed by atoms with Crippen LogP contribution in [0.3, 0.4) is 0 Å². The second-order valence-corrected chi connectivity index (χ2v) is 9.42. The molecule has 2 N–H and O–H groups in total. The van der Waals surface area contributed by atoms with Crippen LogP contribution in [0, 0.1) is 10.8 Å². The maximum absolute atomic E-state index is 10.5. The number of aromatic amines is 1. The Balaban J connectivity index is 1.32. The maximum atomic E-state index is 10.5. The predicted octanol–water partition coefficient (Wildman–Crippen LogP) is 4.98. The van der Waals surface area contributed by atoms with E-state index in [1.807, 2.05) is 24.3 Å². The van der Waals surface area contributed by atoms with Gasteiger partial charge in [0.1, 0.15) is 11.9 Å². The monoisotopic (exact) mass is 390 g/mol. The molecule has 6 heteroatoms.